The monoisotopic (exact) mass is 300 g/mol. The van der Waals surface area contributed by atoms with Crippen LogP contribution in [0.4, 0.5) is 0 Å². The summed E-state index contributed by atoms with van der Waals surface area (Å²) in [6, 6.07) is 7.65. The normalized spacial score (nSPS) is 13.6. The molecule has 1 aromatic carbocycles. The van der Waals surface area contributed by atoms with Gasteiger partial charge in [-0.15, -0.1) is 0 Å². The molecule has 1 aliphatic heterocycles. The molecule has 0 saturated carbocycles. The average Bonchev–Trinajstić information content (AvgIpc) is 3.02. The van der Waals surface area contributed by atoms with E-state index in [9.17, 15) is 4.79 Å². The van der Waals surface area contributed by atoms with E-state index >= 15 is 0 Å². The zero-order valence-corrected chi connectivity index (χ0v) is 12.9. The van der Waals surface area contributed by atoms with Crippen LogP contribution in [0.25, 0.3) is 0 Å². The topological polar surface area (TPSA) is 54.6 Å². The molecule has 0 radical (unpaired) electrons. The van der Waals surface area contributed by atoms with Gasteiger partial charge in [0.05, 0.1) is 20.6 Å². The van der Waals surface area contributed by atoms with Crippen molar-refractivity contribution in [2.75, 3.05) is 20.8 Å². The van der Waals surface area contributed by atoms with Gasteiger partial charge >= 0.3 is 0 Å². The van der Waals surface area contributed by atoms with E-state index in [4.69, 9.17) is 9.47 Å². The Morgan fingerprint density at radius 1 is 1.23 bits per heavy atom. The predicted octanol–water partition coefficient (Wildman–Crippen LogP) is 2.16. The number of aromatic nitrogens is 1. The van der Waals surface area contributed by atoms with E-state index in [1.165, 1.54) is 11.3 Å². The van der Waals surface area contributed by atoms with Gasteiger partial charge in [-0.2, -0.15) is 0 Å². The summed E-state index contributed by atoms with van der Waals surface area (Å²) in [6.45, 7) is 1.45. The van der Waals surface area contributed by atoms with Crippen molar-refractivity contribution in [3.8, 4) is 11.5 Å². The van der Waals surface area contributed by atoms with Crippen LogP contribution in [0.2, 0.25) is 0 Å². The molecule has 0 spiro atoms. The summed E-state index contributed by atoms with van der Waals surface area (Å²) in [5, 5.41) is 0. The molecule has 1 N–H and O–H groups in total. The molecule has 1 aliphatic rings. The summed E-state index contributed by atoms with van der Waals surface area (Å²) < 4.78 is 10.5. The average molecular weight is 300 g/mol. The molecule has 5 nitrogen and oxygen atoms in total. The number of methoxy groups -OCH3 is 2. The first-order valence-electron chi connectivity index (χ1n) is 7.35. The molecule has 5 heteroatoms. The fourth-order valence-electron chi connectivity index (χ4n) is 2.84. The molecule has 2 heterocycles. The van der Waals surface area contributed by atoms with Crippen LogP contribution in [0.1, 0.15) is 16.8 Å². The number of nitrogens with zero attached hydrogens (tertiary/aromatic N) is 1. The lowest BCUT2D eigenvalue weighted by atomic mass is 10.1. The molecule has 2 aromatic rings. The molecule has 3 rings (SSSR count). The van der Waals surface area contributed by atoms with Gasteiger partial charge in [0.1, 0.15) is 0 Å². The van der Waals surface area contributed by atoms with Gasteiger partial charge in [-0.05, 0) is 29.3 Å². The minimum Gasteiger partial charge on any atom is -0.493 e. The molecule has 0 aliphatic carbocycles. The van der Waals surface area contributed by atoms with Crippen LogP contribution in [-0.4, -0.2) is 36.6 Å². The van der Waals surface area contributed by atoms with E-state index in [-0.39, 0.29) is 5.91 Å². The van der Waals surface area contributed by atoms with Crippen LogP contribution < -0.4 is 9.47 Å². The summed E-state index contributed by atoms with van der Waals surface area (Å²) in [5.74, 6) is 1.46. The number of hydrogen-bond donors (Lipinski definition) is 1. The molecule has 116 valence electrons. The number of ether oxygens (including phenoxy) is 2. The molecule has 0 unspecified atom stereocenters. The lowest BCUT2D eigenvalue weighted by Gasteiger charge is -2.27. The standard InChI is InChI=1S/C17H20N2O3/c1-21-15-4-3-12(9-16(15)22-2)10-17(20)19-8-6-14-13(11-19)5-7-18-14/h3-5,7,9,18H,6,8,10-11H2,1-2H3. The number of hydrogen-bond acceptors (Lipinski definition) is 3. The molecule has 22 heavy (non-hydrogen) atoms. The largest absolute Gasteiger partial charge is 0.493 e. The Bertz CT molecular complexity index is 678. The lowest BCUT2D eigenvalue weighted by molar-refractivity contribution is -0.131. The first-order chi connectivity index (χ1) is 10.7. The Balaban J connectivity index is 1.70. The van der Waals surface area contributed by atoms with E-state index < -0.39 is 0 Å². The van der Waals surface area contributed by atoms with Crippen molar-refractivity contribution in [3.63, 3.8) is 0 Å². The third kappa shape index (κ3) is 2.79. The van der Waals surface area contributed by atoms with Gasteiger partial charge in [0.25, 0.3) is 0 Å². The summed E-state index contributed by atoms with van der Waals surface area (Å²) in [4.78, 5) is 17.6. The van der Waals surface area contributed by atoms with Gasteiger partial charge in [-0.3, -0.25) is 4.79 Å². The molecule has 1 amide bonds. The van der Waals surface area contributed by atoms with Crippen molar-refractivity contribution in [1.82, 2.24) is 9.88 Å². The Morgan fingerprint density at radius 3 is 2.82 bits per heavy atom. The molecular weight excluding hydrogens is 280 g/mol. The Morgan fingerprint density at radius 2 is 2.05 bits per heavy atom. The van der Waals surface area contributed by atoms with Crippen molar-refractivity contribution >= 4 is 5.91 Å². The summed E-state index contributed by atoms with van der Waals surface area (Å²) in [7, 11) is 3.20. The first kappa shape index (κ1) is 14.5. The fraction of sp³-hybridized carbons (Fsp3) is 0.353. The Kier molecular flexibility index (Phi) is 4.04. The zero-order valence-electron chi connectivity index (χ0n) is 12.9. The maximum absolute atomic E-state index is 12.5. The van der Waals surface area contributed by atoms with E-state index in [0.717, 1.165) is 18.5 Å². The third-order valence-electron chi connectivity index (χ3n) is 4.08. The van der Waals surface area contributed by atoms with Crippen LogP contribution in [-0.2, 0) is 24.2 Å². The second-order valence-corrected chi connectivity index (χ2v) is 5.41. The second-order valence-electron chi connectivity index (χ2n) is 5.41. The summed E-state index contributed by atoms with van der Waals surface area (Å²) in [5.41, 5.74) is 3.39. The lowest BCUT2D eigenvalue weighted by Crippen LogP contribution is -2.36. The number of rotatable bonds is 4. The fourth-order valence-corrected chi connectivity index (χ4v) is 2.84. The smallest absolute Gasteiger partial charge is 0.227 e. The van der Waals surface area contributed by atoms with E-state index in [2.05, 4.69) is 4.98 Å². The highest BCUT2D eigenvalue weighted by Crippen LogP contribution is 2.28. The van der Waals surface area contributed by atoms with Crippen molar-refractivity contribution in [1.29, 1.82) is 0 Å². The third-order valence-corrected chi connectivity index (χ3v) is 4.08. The number of carbonyl (C=O) groups excluding carboxylic acids is 1. The van der Waals surface area contributed by atoms with Gasteiger partial charge in [0, 0.05) is 31.4 Å². The molecule has 0 saturated heterocycles. The predicted molar refractivity (Wildman–Crippen MR) is 83.2 cm³/mol. The highest BCUT2D eigenvalue weighted by atomic mass is 16.5. The van der Waals surface area contributed by atoms with Crippen LogP contribution in [0.3, 0.4) is 0 Å². The van der Waals surface area contributed by atoms with E-state index in [1.54, 1.807) is 14.2 Å². The van der Waals surface area contributed by atoms with Crippen molar-refractivity contribution in [2.24, 2.45) is 0 Å². The molecule has 0 bridgehead atoms. The van der Waals surface area contributed by atoms with Crippen LogP contribution in [0, 0.1) is 0 Å². The maximum atomic E-state index is 12.5. The summed E-state index contributed by atoms with van der Waals surface area (Å²) >= 11 is 0. The number of benzene rings is 1. The minimum absolute atomic E-state index is 0.138. The number of nitrogens with one attached hydrogen (secondary N) is 1. The van der Waals surface area contributed by atoms with Gasteiger partial charge in [0.15, 0.2) is 11.5 Å². The minimum atomic E-state index is 0.138. The summed E-state index contributed by atoms with van der Waals surface area (Å²) in [6.07, 6.45) is 3.20. The SMILES string of the molecule is COc1ccc(CC(=O)N2CCc3[nH]ccc3C2)cc1OC. The number of H-pyrrole nitrogens is 1. The van der Waals surface area contributed by atoms with Gasteiger partial charge in [0.2, 0.25) is 5.91 Å². The first-order valence-corrected chi connectivity index (χ1v) is 7.35. The number of amides is 1. The van der Waals surface area contributed by atoms with Crippen molar-refractivity contribution < 1.29 is 14.3 Å². The van der Waals surface area contributed by atoms with E-state index in [1.807, 2.05) is 35.4 Å². The zero-order chi connectivity index (χ0) is 15.5. The molecule has 1 aromatic heterocycles. The van der Waals surface area contributed by atoms with Gasteiger partial charge in [-0.1, -0.05) is 6.07 Å². The highest BCUT2D eigenvalue weighted by molar-refractivity contribution is 5.79. The van der Waals surface area contributed by atoms with Gasteiger partial charge < -0.3 is 19.4 Å². The number of aromatic amines is 1. The maximum Gasteiger partial charge on any atom is 0.227 e. The van der Waals surface area contributed by atoms with Gasteiger partial charge in [-0.25, -0.2) is 0 Å². The Hall–Kier alpha value is -2.43. The molecule has 0 atom stereocenters. The quantitative estimate of drug-likeness (QED) is 0.941. The van der Waals surface area contributed by atoms with Crippen molar-refractivity contribution in [3.05, 3.63) is 47.3 Å². The van der Waals surface area contributed by atoms with Crippen LogP contribution in [0.5, 0.6) is 11.5 Å². The molecular formula is C17H20N2O3. The van der Waals surface area contributed by atoms with Crippen LogP contribution >= 0.6 is 0 Å². The number of fused-ring (bicyclic) bond motifs is 1. The highest BCUT2D eigenvalue weighted by Gasteiger charge is 2.21. The Labute approximate surface area is 129 Å². The van der Waals surface area contributed by atoms with Crippen LogP contribution in [0.15, 0.2) is 30.5 Å². The second kappa shape index (κ2) is 6.13. The van der Waals surface area contributed by atoms with E-state index in [0.29, 0.717) is 24.5 Å². The molecule has 0 fully saturated rings. The van der Waals surface area contributed by atoms with Crippen molar-refractivity contribution in [2.45, 2.75) is 19.4 Å². The number of carbonyl (C=O) groups is 1.